The Labute approximate surface area is 184 Å². The summed E-state index contributed by atoms with van der Waals surface area (Å²) in [5.74, 6) is -1.07. The SMILES string of the molecule is Cc1cc([C@@H](C)Nc2cccnc2C(=O)O)c2oc3c(-c4ccccc4)ccnc3c2c1. The third-order valence-corrected chi connectivity index (χ3v) is 5.56. The first kappa shape index (κ1) is 19.8. The molecular formula is C26H21N3O3. The van der Waals surface area contributed by atoms with Gasteiger partial charge in [0.05, 0.1) is 11.7 Å². The van der Waals surface area contributed by atoms with E-state index in [1.165, 1.54) is 6.20 Å². The number of aromatic nitrogens is 2. The molecule has 5 rings (SSSR count). The highest BCUT2D eigenvalue weighted by Gasteiger charge is 2.21. The van der Waals surface area contributed by atoms with Crippen molar-refractivity contribution in [1.82, 2.24) is 9.97 Å². The zero-order valence-electron chi connectivity index (χ0n) is 17.7. The maximum absolute atomic E-state index is 11.6. The summed E-state index contributed by atoms with van der Waals surface area (Å²) in [5, 5.41) is 13.7. The van der Waals surface area contributed by atoms with Gasteiger partial charge in [-0.15, -0.1) is 0 Å². The maximum Gasteiger partial charge on any atom is 0.356 e. The number of carboxylic acid groups (broad SMARTS) is 1. The summed E-state index contributed by atoms with van der Waals surface area (Å²) in [5.41, 5.74) is 6.77. The number of nitrogens with one attached hydrogen (secondary N) is 1. The highest BCUT2D eigenvalue weighted by atomic mass is 16.4. The molecule has 0 spiro atoms. The molecule has 0 saturated carbocycles. The van der Waals surface area contributed by atoms with E-state index in [9.17, 15) is 9.90 Å². The van der Waals surface area contributed by atoms with E-state index >= 15 is 0 Å². The number of hydrogen-bond acceptors (Lipinski definition) is 5. The van der Waals surface area contributed by atoms with Gasteiger partial charge in [-0.2, -0.15) is 0 Å². The third-order valence-electron chi connectivity index (χ3n) is 5.56. The summed E-state index contributed by atoms with van der Waals surface area (Å²) in [4.78, 5) is 20.2. The second-order valence-electron chi connectivity index (χ2n) is 7.81. The lowest BCUT2D eigenvalue weighted by molar-refractivity contribution is 0.0691. The smallest absolute Gasteiger partial charge is 0.356 e. The van der Waals surface area contributed by atoms with Crippen LogP contribution in [0.25, 0.3) is 33.2 Å². The van der Waals surface area contributed by atoms with Crippen molar-refractivity contribution in [3.05, 3.63) is 89.9 Å². The molecule has 1 atom stereocenters. The minimum absolute atomic E-state index is 0.0131. The Morgan fingerprint density at radius 3 is 2.59 bits per heavy atom. The molecule has 6 nitrogen and oxygen atoms in total. The molecule has 0 radical (unpaired) electrons. The average molecular weight is 423 g/mol. The van der Waals surface area contributed by atoms with Crippen molar-refractivity contribution in [1.29, 1.82) is 0 Å². The van der Waals surface area contributed by atoms with Gasteiger partial charge in [0, 0.05) is 28.9 Å². The Morgan fingerprint density at radius 2 is 1.81 bits per heavy atom. The van der Waals surface area contributed by atoms with Gasteiger partial charge in [0.2, 0.25) is 0 Å². The summed E-state index contributed by atoms with van der Waals surface area (Å²) in [6, 6.07) is 19.4. The number of pyridine rings is 2. The van der Waals surface area contributed by atoms with Crippen LogP contribution >= 0.6 is 0 Å². The predicted octanol–water partition coefficient (Wildman–Crippen LogP) is 6.22. The Kier molecular flexibility index (Phi) is 4.82. The molecular weight excluding hydrogens is 402 g/mol. The van der Waals surface area contributed by atoms with Gasteiger partial charge in [0.1, 0.15) is 11.1 Å². The van der Waals surface area contributed by atoms with Gasteiger partial charge in [-0.1, -0.05) is 36.4 Å². The van der Waals surface area contributed by atoms with E-state index in [0.717, 1.165) is 44.3 Å². The van der Waals surface area contributed by atoms with E-state index in [2.05, 4.69) is 27.4 Å². The molecule has 0 bridgehead atoms. The first-order valence-corrected chi connectivity index (χ1v) is 10.3. The molecule has 0 aliphatic rings. The van der Waals surface area contributed by atoms with Gasteiger partial charge in [0.15, 0.2) is 11.3 Å². The summed E-state index contributed by atoms with van der Waals surface area (Å²) >= 11 is 0. The number of anilines is 1. The first-order chi connectivity index (χ1) is 15.5. The lowest BCUT2D eigenvalue weighted by Gasteiger charge is -2.17. The minimum Gasteiger partial charge on any atom is -0.476 e. The van der Waals surface area contributed by atoms with Crippen LogP contribution in [0.4, 0.5) is 5.69 Å². The van der Waals surface area contributed by atoms with Gasteiger partial charge >= 0.3 is 5.97 Å². The van der Waals surface area contributed by atoms with Crippen LogP contribution < -0.4 is 5.32 Å². The van der Waals surface area contributed by atoms with Crippen LogP contribution in [-0.4, -0.2) is 21.0 Å². The van der Waals surface area contributed by atoms with Crippen molar-refractivity contribution in [2.24, 2.45) is 0 Å². The number of carboxylic acids is 1. The molecule has 0 fully saturated rings. The van der Waals surface area contributed by atoms with Crippen LogP contribution in [0, 0.1) is 6.92 Å². The van der Waals surface area contributed by atoms with E-state index in [1.54, 1.807) is 18.3 Å². The van der Waals surface area contributed by atoms with Crippen LogP contribution in [-0.2, 0) is 0 Å². The van der Waals surface area contributed by atoms with E-state index < -0.39 is 5.97 Å². The zero-order chi connectivity index (χ0) is 22.2. The van der Waals surface area contributed by atoms with Gasteiger partial charge in [-0.05, 0) is 49.2 Å². The number of carbonyl (C=O) groups is 1. The summed E-state index contributed by atoms with van der Waals surface area (Å²) in [7, 11) is 0. The molecule has 0 unspecified atom stereocenters. The molecule has 158 valence electrons. The fourth-order valence-corrected chi connectivity index (χ4v) is 4.11. The molecule has 2 aromatic carbocycles. The second-order valence-corrected chi connectivity index (χ2v) is 7.81. The minimum atomic E-state index is -1.07. The number of furan rings is 1. The van der Waals surface area contributed by atoms with Gasteiger partial charge in [-0.25, -0.2) is 9.78 Å². The Balaban J connectivity index is 1.67. The number of nitrogens with zero attached hydrogens (tertiary/aromatic N) is 2. The molecule has 0 aliphatic carbocycles. The molecule has 0 aliphatic heterocycles. The highest BCUT2D eigenvalue weighted by molar-refractivity contribution is 6.08. The molecule has 0 saturated heterocycles. The van der Waals surface area contributed by atoms with Crippen LogP contribution in [0.3, 0.4) is 0 Å². The average Bonchev–Trinajstić information content (AvgIpc) is 3.18. The van der Waals surface area contributed by atoms with Crippen molar-refractivity contribution in [2.75, 3.05) is 5.32 Å². The summed E-state index contributed by atoms with van der Waals surface area (Å²) in [6.45, 7) is 4.01. The third kappa shape index (κ3) is 3.36. The Bertz CT molecular complexity index is 1460. The standard InChI is InChI=1S/C26H21N3O3/c1-15-13-19(16(2)29-21-9-6-11-27-23(21)26(30)31)24-20(14-15)22-25(32-24)18(10-12-28-22)17-7-4-3-5-8-17/h3-14,16,29H,1-2H3,(H,30,31)/t16-/m1/s1. The number of hydrogen-bond donors (Lipinski definition) is 2. The Hall–Kier alpha value is -4.19. The van der Waals surface area contributed by atoms with Crippen LogP contribution in [0.5, 0.6) is 0 Å². The number of aromatic carboxylic acids is 1. The van der Waals surface area contributed by atoms with E-state index in [-0.39, 0.29) is 11.7 Å². The number of fused-ring (bicyclic) bond motifs is 3. The van der Waals surface area contributed by atoms with Crippen molar-refractivity contribution < 1.29 is 14.3 Å². The second kappa shape index (κ2) is 7.81. The van der Waals surface area contributed by atoms with Crippen molar-refractivity contribution >= 4 is 33.7 Å². The molecule has 3 heterocycles. The van der Waals surface area contributed by atoms with Crippen LogP contribution in [0.15, 0.2) is 77.5 Å². The summed E-state index contributed by atoms with van der Waals surface area (Å²) in [6.07, 6.45) is 3.28. The highest BCUT2D eigenvalue weighted by Crippen LogP contribution is 2.38. The monoisotopic (exact) mass is 423 g/mol. The van der Waals surface area contributed by atoms with E-state index in [1.807, 2.05) is 50.2 Å². The maximum atomic E-state index is 11.6. The molecule has 32 heavy (non-hydrogen) atoms. The number of aryl methyl sites for hydroxylation is 1. The predicted molar refractivity (Wildman–Crippen MR) is 125 cm³/mol. The fourth-order valence-electron chi connectivity index (χ4n) is 4.11. The van der Waals surface area contributed by atoms with Gasteiger partial charge in [-0.3, -0.25) is 4.98 Å². The largest absolute Gasteiger partial charge is 0.476 e. The molecule has 3 aromatic heterocycles. The number of benzene rings is 2. The fraction of sp³-hybridized carbons (Fsp3) is 0.115. The van der Waals surface area contributed by atoms with Crippen LogP contribution in [0.1, 0.15) is 34.6 Å². The quantitative estimate of drug-likeness (QED) is 0.349. The van der Waals surface area contributed by atoms with Crippen molar-refractivity contribution in [3.8, 4) is 11.1 Å². The first-order valence-electron chi connectivity index (χ1n) is 10.3. The molecule has 5 aromatic rings. The lowest BCUT2D eigenvalue weighted by atomic mass is 10.0. The molecule has 6 heteroatoms. The topological polar surface area (TPSA) is 88.2 Å². The van der Waals surface area contributed by atoms with Crippen molar-refractivity contribution in [3.63, 3.8) is 0 Å². The normalized spacial score (nSPS) is 12.2. The van der Waals surface area contributed by atoms with E-state index in [4.69, 9.17) is 4.42 Å². The zero-order valence-corrected chi connectivity index (χ0v) is 17.7. The van der Waals surface area contributed by atoms with Crippen molar-refractivity contribution in [2.45, 2.75) is 19.9 Å². The lowest BCUT2D eigenvalue weighted by Crippen LogP contribution is -2.12. The van der Waals surface area contributed by atoms with Crippen LogP contribution in [0.2, 0.25) is 0 Å². The van der Waals surface area contributed by atoms with Gasteiger partial charge < -0.3 is 14.8 Å². The molecule has 0 amide bonds. The number of rotatable bonds is 5. The van der Waals surface area contributed by atoms with E-state index in [0.29, 0.717) is 5.69 Å². The Morgan fingerprint density at radius 1 is 1.00 bits per heavy atom. The molecule has 2 N–H and O–H groups in total. The van der Waals surface area contributed by atoms with Gasteiger partial charge in [0.25, 0.3) is 0 Å². The summed E-state index contributed by atoms with van der Waals surface area (Å²) < 4.78 is 6.43.